The van der Waals surface area contributed by atoms with Gasteiger partial charge in [-0.2, -0.15) is 5.10 Å². The van der Waals surface area contributed by atoms with Crippen LogP contribution in [0.1, 0.15) is 11.3 Å². The summed E-state index contributed by atoms with van der Waals surface area (Å²) in [7, 11) is 0. The zero-order valence-electron chi connectivity index (χ0n) is 9.90. The van der Waals surface area contributed by atoms with Gasteiger partial charge in [0.25, 0.3) is 0 Å². The number of nitrogens with zero attached hydrogens (tertiary/aromatic N) is 3. The summed E-state index contributed by atoms with van der Waals surface area (Å²) >= 11 is 0. The lowest BCUT2D eigenvalue weighted by Gasteiger charge is -2.05. The van der Waals surface area contributed by atoms with Crippen LogP contribution in [0.15, 0.2) is 58.9 Å². The molecule has 2 aromatic rings. The van der Waals surface area contributed by atoms with E-state index >= 15 is 0 Å². The molecule has 0 saturated carbocycles. The highest BCUT2D eigenvalue weighted by atomic mass is 15.3. The quantitative estimate of drug-likeness (QED) is 0.478. The molecule has 18 heavy (non-hydrogen) atoms. The van der Waals surface area contributed by atoms with Gasteiger partial charge in [0.05, 0.1) is 11.9 Å². The van der Waals surface area contributed by atoms with Gasteiger partial charge >= 0.3 is 0 Å². The molecule has 5 heteroatoms. The van der Waals surface area contributed by atoms with Crippen LogP contribution in [0.2, 0.25) is 0 Å². The summed E-state index contributed by atoms with van der Waals surface area (Å²) in [6, 6.07) is 14.1. The summed E-state index contributed by atoms with van der Waals surface area (Å²) < 4.78 is 2.07. The Kier molecular flexibility index (Phi) is 3.76. The van der Waals surface area contributed by atoms with Gasteiger partial charge in [0.15, 0.2) is 0 Å². The third kappa shape index (κ3) is 3.21. The van der Waals surface area contributed by atoms with Crippen molar-refractivity contribution in [3.8, 4) is 0 Å². The average Bonchev–Trinajstić information content (AvgIpc) is 2.78. The van der Waals surface area contributed by atoms with Gasteiger partial charge < -0.3 is 16.0 Å². The molecule has 0 aliphatic rings. The Morgan fingerprint density at radius 2 is 1.89 bits per heavy atom. The molecular formula is C13H15N5. The Balaban J connectivity index is 2.13. The van der Waals surface area contributed by atoms with E-state index in [4.69, 9.17) is 11.5 Å². The molecule has 1 aromatic heterocycles. The second-order valence-electron chi connectivity index (χ2n) is 3.82. The summed E-state index contributed by atoms with van der Waals surface area (Å²) in [4.78, 5) is 0. The largest absolute Gasteiger partial charge is 0.369 e. The van der Waals surface area contributed by atoms with Crippen molar-refractivity contribution in [3.63, 3.8) is 0 Å². The number of benzene rings is 1. The maximum absolute atomic E-state index is 5.20. The van der Waals surface area contributed by atoms with Gasteiger partial charge in [-0.3, -0.25) is 0 Å². The fourth-order valence-electron chi connectivity index (χ4n) is 1.62. The van der Waals surface area contributed by atoms with Crippen molar-refractivity contribution in [2.45, 2.75) is 6.54 Å². The van der Waals surface area contributed by atoms with Crippen molar-refractivity contribution in [3.05, 3.63) is 59.9 Å². The third-order valence-corrected chi connectivity index (χ3v) is 2.42. The van der Waals surface area contributed by atoms with Crippen LogP contribution >= 0.6 is 0 Å². The maximum Gasteiger partial charge on any atom is 0.211 e. The molecule has 92 valence electrons. The normalized spacial score (nSPS) is 10.7. The average molecular weight is 241 g/mol. The number of aromatic nitrogens is 1. The van der Waals surface area contributed by atoms with E-state index in [-0.39, 0.29) is 5.96 Å². The van der Waals surface area contributed by atoms with Crippen LogP contribution in [-0.2, 0) is 6.54 Å². The van der Waals surface area contributed by atoms with Gasteiger partial charge in [-0.1, -0.05) is 30.3 Å². The molecule has 0 spiro atoms. The van der Waals surface area contributed by atoms with Gasteiger partial charge in [-0.15, -0.1) is 5.10 Å². The Labute approximate surface area is 105 Å². The molecule has 5 nitrogen and oxygen atoms in total. The lowest BCUT2D eigenvalue weighted by molar-refractivity contribution is 0.799. The van der Waals surface area contributed by atoms with Crippen LogP contribution in [0.3, 0.4) is 0 Å². The molecule has 0 bridgehead atoms. The van der Waals surface area contributed by atoms with Gasteiger partial charge in [0.1, 0.15) is 0 Å². The Morgan fingerprint density at radius 3 is 2.61 bits per heavy atom. The van der Waals surface area contributed by atoms with Crippen LogP contribution in [0.4, 0.5) is 0 Å². The van der Waals surface area contributed by atoms with Crippen LogP contribution < -0.4 is 11.5 Å². The number of nitrogens with two attached hydrogens (primary N) is 2. The highest BCUT2D eigenvalue weighted by molar-refractivity contribution is 5.80. The first-order chi connectivity index (χ1) is 8.75. The monoisotopic (exact) mass is 241 g/mol. The van der Waals surface area contributed by atoms with Gasteiger partial charge in [-0.25, -0.2) is 0 Å². The molecule has 4 N–H and O–H groups in total. The molecule has 0 unspecified atom stereocenters. The number of guanidine groups is 1. The van der Waals surface area contributed by atoms with Crippen molar-refractivity contribution < 1.29 is 0 Å². The Bertz CT molecular complexity index is 550. The van der Waals surface area contributed by atoms with Gasteiger partial charge in [0.2, 0.25) is 5.96 Å². The summed E-state index contributed by atoms with van der Waals surface area (Å²) in [5, 5.41) is 7.38. The van der Waals surface area contributed by atoms with Gasteiger partial charge in [0, 0.05) is 12.7 Å². The van der Waals surface area contributed by atoms with E-state index in [1.54, 1.807) is 6.21 Å². The predicted octanol–water partition coefficient (Wildman–Crippen LogP) is 1.14. The molecule has 0 aliphatic carbocycles. The van der Waals surface area contributed by atoms with Crippen molar-refractivity contribution in [2.24, 2.45) is 21.7 Å². The summed E-state index contributed by atoms with van der Waals surface area (Å²) in [6.07, 6.45) is 3.62. The topological polar surface area (TPSA) is 81.7 Å². The second-order valence-corrected chi connectivity index (χ2v) is 3.82. The van der Waals surface area contributed by atoms with Crippen molar-refractivity contribution in [1.82, 2.24) is 4.57 Å². The van der Waals surface area contributed by atoms with E-state index in [1.807, 2.05) is 36.5 Å². The standard InChI is InChI=1S/C13H15N5/c14-13(15)17-16-9-12-7-4-8-18(12)10-11-5-2-1-3-6-11/h1-9H,10H2,(H4,14,15,17)/b16-9+. The van der Waals surface area contributed by atoms with E-state index in [9.17, 15) is 0 Å². The molecule has 2 rings (SSSR count). The van der Waals surface area contributed by atoms with E-state index in [0.717, 1.165) is 12.2 Å². The molecular weight excluding hydrogens is 226 g/mol. The van der Waals surface area contributed by atoms with E-state index in [2.05, 4.69) is 26.9 Å². The maximum atomic E-state index is 5.20. The summed E-state index contributed by atoms with van der Waals surface area (Å²) in [6.45, 7) is 0.789. The zero-order valence-corrected chi connectivity index (χ0v) is 9.90. The SMILES string of the molecule is NC(N)=N/N=C/c1cccn1Cc1ccccc1. The van der Waals surface area contributed by atoms with Crippen LogP contribution in [-0.4, -0.2) is 16.7 Å². The first-order valence-corrected chi connectivity index (χ1v) is 5.57. The number of hydrogen-bond donors (Lipinski definition) is 2. The smallest absolute Gasteiger partial charge is 0.211 e. The lowest BCUT2D eigenvalue weighted by atomic mass is 10.2. The molecule has 0 saturated heterocycles. The number of rotatable bonds is 4. The van der Waals surface area contributed by atoms with Crippen LogP contribution in [0, 0.1) is 0 Å². The van der Waals surface area contributed by atoms with E-state index in [1.165, 1.54) is 5.56 Å². The molecule has 1 aromatic carbocycles. The molecule has 0 fully saturated rings. The minimum absolute atomic E-state index is 0.0487. The van der Waals surface area contributed by atoms with E-state index < -0.39 is 0 Å². The second kappa shape index (κ2) is 5.67. The number of hydrogen-bond acceptors (Lipinski definition) is 2. The van der Waals surface area contributed by atoms with Crippen molar-refractivity contribution in [1.29, 1.82) is 0 Å². The highest BCUT2D eigenvalue weighted by Gasteiger charge is 1.98. The lowest BCUT2D eigenvalue weighted by Crippen LogP contribution is -2.21. The fourth-order valence-corrected chi connectivity index (χ4v) is 1.62. The van der Waals surface area contributed by atoms with Crippen LogP contribution in [0.25, 0.3) is 0 Å². The minimum Gasteiger partial charge on any atom is -0.369 e. The summed E-state index contributed by atoms with van der Waals surface area (Å²) in [5.41, 5.74) is 12.6. The third-order valence-electron chi connectivity index (χ3n) is 2.42. The molecule has 1 heterocycles. The first kappa shape index (κ1) is 11.9. The predicted molar refractivity (Wildman–Crippen MR) is 73.4 cm³/mol. The molecule has 0 amide bonds. The van der Waals surface area contributed by atoms with Crippen molar-refractivity contribution in [2.75, 3.05) is 0 Å². The van der Waals surface area contributed by atoms with Crippen molar-refractivity contribution >= 4 is 12.2 Å². The highest BCUT2D eigenvalue weighted by Crippen LogP contribution is 2.06. The fraction of sp³-hybridized carbons (Fsp3) is 0.0769. The molecule has 0 aliphatic heterocycles. The van der Waals surface area contributed by atoms with Crippen LogP contribution in [0.5, 0.6) is 0 Å². The Morgan fingerprint density at radius 1 is 1.11 bits per heavy atom. The zero-order chi connectivity index (χ0) is 12.8. The first-order valence-electron chi connectivity index (χ1n) is 5.57. The van der Waals surface area contributed by atoms with E-state index in [0.29, 0.717) is 0 Å². The Hall–Kier alpha value is -2.56. The van der Waals surface area contributed by atoms with Gasteiger partial charge in [-0.05, 0) is 17.7 Å². The minimum atomic E-state index is -0.0487. The summed E-state index contributed by atoms with van der Waals surface area (Å²) in [5.74, 6) is -0.0487. The molecule has 0 radical (unpaired) electrons. The molecule has 0 atom stereocenters.